The molecule has 0 bridgehead atoms. The molecule has 4 unspecified atom stereocenters. The van der Waals surface area contributed by atoms with Gasteiger partial charge in [0.1, 0.15) is 22.0 Å². The lowest BCUT2D eigenvalue weighted by atomic mass is 9.67. The summed E-state index contributed by atoms with van der Waals surface area (Å²) >= 11 is 0. The van der Waals surface area contributed by atoms with Crippen LogP contribution in [-0.2, 0) is 37.0 Å². The molecule has 2 N–H and O–H groups in total. The number of amides is 1. The molecule has 1 aliphatic carbocycles. The number of carbonyl (C=O) groups excluding carboxylic acids is 1. The molecule has 0 spiro atoms. The summed E-state index contributed by atoms with van der Waals surface area (Å²) in [5.74, 6) is -2.15. The fourth-order valence-corrected chi connectivity index (χ4v) is 7.90. The molecule has 2 aromatic rings. The lowest BCUT2D eigenvalue weighted by Gasteiger charge is -2.49. The van der Waals surface area contributed by atoms with Crippen LogP contribution >= 0.6 is 0 Å². The van der Waals surface area contributed by atoms with E-state index >= 15 is 0 Å². The van der Waals surface area contributed by atoms with E-state index in [1.54, 1.807) is 17.0 Å². The fraction of sp³-hybridized carbons (Fsp3) is 0.407. The van der Waals surface area contributed by atoms with Gasteiger partial charge in [-0.2, -0.15) is 8.42 Å². The number of carbonyl (C=O) groups is 1. The topological polar surface area (TPSA) is 133 Å². The SMILES string of the molecule is CC1CCC(C)C2C1C(O)=C(C1=NS(=O)(=O)c3cc(CS(C)(=O)=O)ccc3N1)C(=O)N2Cc1ccc(F)cc1. The fourth-order valence-electron chi connectivity index (χ4n) is 5.94. The highest BCUT2D eigenvalue weighted by Crippen LogP contribution is 2.45. The van der Waals surface area contributed by atoms with Crippen LogP contribution in [0.15, 0.2) is 63.1 Å². The Kier molecular flexibility index (Phi) is 6.82. The summed E-state index contributed by atoms with van der Waals surface area (Å²) in [6, 6.07) is 9.66. The highest BCUT2D eigenvalue weighted by atomic mass is 32.2. The molecule has 3 aliphatic rings. The van der Waals surface area contributed by atoms with Gasteiger partial charge in [-0.15, -0.1) is 4.40 Å². The van der Waals surface area contributed by atoms with E-state index in [0.29, 0.717) is 5.56 Å². The quantitative estimate of drug-likeness (QED) is 0.554. The van der Waals surface area contributed by atoms with Crippen LogP contribution in [0.2, 0.25) is 0 Å². The molecule has 12 heteroatoms. The number of fused-ring (bicyclic) bond motifs is 2. The molecule has 0 saturated heterocycles. The van der Waals surface area contributed by atoms with E-state index in [0.717, 1.165) is 19.1 Å². The monoisotopic (exact) mass is 575 g/mol. The molecule has 2 heterocycles. The van der Waals surface area contributed by atoms with Crippen LogP contribution < -0.4 is 5.32 Å². The first kappa shape index (κ1) is 27.3. The van der Waals surface area contributed by atoms with Crippen molar-refractivity contribution in [2.45, 2.75) is 49.9 Å². The number of rotatable bonds is 5. The summed E-state index contributed by atoms with van der Waals surface area (Å²) in [6.45, 7) is 4.17. The number of nitrogens with zero attached hydrogens (tertiary/aromatic N) is 2. The maximum Gasteiger partial charge on any atom is 0.286 e. The number of aliphatic hydroxyl groups is 1. The molecule has 2 aromatic carbocycles. The summed E-state index contributed by atoms with van der Waals surface area (Å²) < 4.78 is 67.3. The number of hydrogen-bond acceptors (Lipinski definition) is 7. The Morgan fingerprint density at radius 2 is 1.72 bits per heavy atom. The first-order chi connectivity index (χ1) is 18.2. The predicted octanol–water partition coefficient (Wildman–Crippen LogP) is 3.79. The van der Waals surface area contributed by atoms with Crippen molar-refractivity contribution in [2.75, 3.05) is 11.6 Å². The van der Waals surface area contributed by atoms with Crippen LogP contribution in [0.4, 0.5) is 10.1 Å². The van der Waals surface area contributed by atoms with Gasteiger partial charge >= 0.3 is 0 Å². The van der Waals surface area contributed by atoms with Gasteiger partial charge in [-0.3, -0.25) is 4.79 Å². The Morgan fingerprint density at radius 3 is 2.38 bits per heavy atom. The van der Waals surface area contributed by atoms with Gasteiger partial charge in [-0.05, 0) is 60.1 Å². The van der Waals surface area contributed by atoms with Crippen molar-refractivity contribution in [1.29, 1.82) is 0 Å². The van der Waals surface area contributed by atoms with E-state index < -0.39 is 37.5 Å². The number of sulfonamides is 1. The van der Waals surface area contributed by atoms with Crippen LogP contribution in [-0.4, -0.2) is 50.9 Å². The number of nitrogens with one attached hydrogen (secondary N) is 1. The number of hydrogen-bond donors (Lipinski definition) is 2. The van der Waals surface area contributed by atoms with E-state index in [2.05, 4.69) is 9.71 Å². The Hall–Kier alpha value is -3.25. The van der Waals surface area contributed by atoms with Crippen molar-refractivity contribution in [3.05, 3.63) is 70.7 Å². The van der Waals surface area contributed by atoms with E-state index in [4.69, 9.17) is 0 Å². The summed E-state index contributed by atoms with van der Waals surface area (Å²) in [5, 5.41) is 14.4. The third-order valence-electron chi connectivity index (χ3n) is 7.77. The second-order valence-electron chi connectivity index (χ2n) is 10.8. The van der Waals surface area contributed by atoms with E-state index in [1.807, 2.05) is 13.8 Å². The van der Waals surface area contributed by atoms with Gasteiger partial charge in [-0.25, -0.2) is 12.8 Å². The molecule has 0 aromatic heterocycles. The number of anilines is 1. The Labute approximate surface area is 227 Å². The zero-order valence-electron chi connectivity index (χ0n) is 21.8. The largest absolute Gasteiger partial charge is 0.511 e. The van der Waals surface area contributed by atoms with Crippen molar-refractivity contribution in [2.24, 2.45) is 22.2 Å². The minimum absolute atomic E-state index is 0.0108. The average Bonchev–Trinajstić information content (AvgIpc) is 2.84. The van der Waals surface area contributed by atoms with Gasteiger partial charge in [0.05, 0.1) is 11.4 Å². The molecule has 1 saturated carbocycles. The molecule has 1 fully saturated rings. The van der Waals surface area contributed by atoms with Crippen molar-refractivity contribution < 1.29 is 31.1 Å². The molecular formula is C27H30FN3O6S2. The van der Waals surface area contributed by atoms with E-state index in [1.165, 1.54) is 30.3 Å². The Bertz CT molecular complexity index is 1620. The van der Waals surface area contributed by atoms with Gasteiger partial charge in [-0.1, -0.05) is 32.0 Å². The minimum Gasteiger partial charge on any atom is -0.511 e. The smallest absolute Gasteiger partial charge is 0.286 e. The van der Waals surface area contributed by atoms with Crippen molar-refractivity contribution >= 4 is 37.3 Å². The molecule has 208 valence electrons. The standard InChI is InChI=1S/C27H30FN3O6S2/c1-15-4-5-16(2)24-22(15)25(32)23(27(33)31(24)13-17-6-9-19(28)10-7-17)26-29-20-11-8-18(14-38(3,34)35)12-21(20)39(36,37)30-26/h6-12,15-16,22,24,32H,4-5,13-14H2,1-3H3,(H,29,30). The molecule has 9 nitrogen and oxygen atoms in total. The van der Waals surface area contributed by atoms with Gasteiger partial charge in [0.25, 0.3) is 15.9 Å². The third-order valence-corrected chi connectivity index (χ3v) is 9.94. The highest BCUT2D eigenvalue weighted by Gasteiger charge is 2.50. The number of aliphatic hydroxyl groups excluding tert-OH is 1. The van der Waals surface area contributed by atoms with Crippen LogP contribution in [0, 0.1) is 23.6 Å². The van der Waals surface area contributed by atoms with Crippen molar-refractivity contribution in [3.8, 4) is 0 Å². The molecule has 4 atom stereocenters. The first-order valence-corrected chi connectivity index (χ1v) is 16.2. The Morgan fingerprint density at radius 1 is 1.08 bits per heavy atom. The second kappa shape index (κ2) is 9.74. The molecule has 39 heavy (non-hydrogen) atoms. The lowest BCUT2D eigenvalue weighted by molar-refractivity contribution is -0.136. The summed E-state index contributed by atoms with van der Waals surface area (Å²) in [4.78, 5) is 15.4. The number of sulfone groups is 1. The molecule has 0 radical (unpaired) electrons. The molecule has 2 aliphatic heterocycles. The highest BCUT2D eigenvalue weighted by molar-refractivity contribution is 7.90. The summed E-state index contributed by atoms with van der Waals surface area (Å²) in [6.07, 6.45) is 2.73. The average molecular weight is 576 g/mol. The Balaban J connectivity index is 1.59. The van der Waals surface area contributed by atoms with Gasteiger partial charge in [0.2, 0.25) is 0 Å². The van der Waals surface area contributed by atoms with E-state index in [-0.39, 0.29) is 63.5 Å². The van der Waals surface area contributed by atoms with Crippen LogP contribution in [0.1, 0.15) is 37.8 Å². The van der Waals surface area contributed by atoms with Gasteiger partial charge < -0.3 is 15.3 Å². The molecule has 5 rings (SSSR count). The van der Waals surface area contributed by atoms with Gasteiger partial charge in [0.15, 0.2) is 15.7 Å². The van der Waals surface area contributed by atoms with Crippen LogP contribution in [0.3, 0.4) is 0 Å². The minimum atomic E-state index is -4.33. The second-order valence-corrected chi connectivity index (χ2v) is 14.5. The molecular weight excluding hydrogens is 545 g/mol. The number of amidine groups is 1. The zero-order chi connectivity index (χ0) is 28.3. The van der Waals surface area contributed by atoms with Crippen molar-refractivity contribution in [1.82, 2.24) is 4.90 Å². The maximum absolute atomic E-state index is 14.0. The van der Waals surface area contributed by atoms with Crippen LogP contribution in [0.25, 0.3) is 0 Å². The normalized spacial score (nSPS) is 26.4. The molecule has 1 amide bonds. The predicted molar refractivity (Wildman–Crippen MR) is 145 cm³/mol. The van der Waals surface area contributed by atoms with E-state index in [9.17, 15) is 31.1 Å². The number of halogens is 1. The maximum atomic E-state index is 14.0. The van der Waals surface area contributed by atoms with Gasteiger partial charge in [0, 0.05) is 24.8 Å². The third kappa shape index (κ3) is 5.19. The zero-order valence-corrected chi connectivity index (χ0v) is 23.4. The summed E-state index contributed by atoms with van der Waals surface area (Å²) in [5.41, 5.74) is 0.898. The van der Waals surface area contributed by atoms with Crippen LogP contribution in [0.5, 0.6) is 0 Å². The first-order valence-electron chi connectivity index (χ1n) is 12.7. The number of benzene rings is 2. The van der Waals surface area contributed by atoms with Crippen molar-refractivity contribution in [3.63, 3.8) is 0 Å². The lowest BCUT2D eigenvalue weighted by Crippen LogP contribution is -2.57. The summed E-state index contributed by atoms with van der Waals surface area (Å²) in [7, 11) is -7.73.